The summed E-state index contributed by atoms with van der Waals surface area (Å²) in [4.78, 5) is 15.6. The summed E-state index contributed by atoms with van der Waals surface area (Å²) in [6.45, 7) is 0. The van der Waals surface area contributed by atoms with Gasteiger partial charge in [-0.1, -0.05) is 224 Å². The van der Waals surface area contributed by atoms with Crippen molar-refractivity contribution in [3.8, 4) is 89.8 Å². The van der Waals surface area contributed by atoms with Gasteiger partial charge in [-0.25, -0.2) is 15.0 Å². The van der Waals surface area contributed by atoms with E-state index in [9.17, 15) is 0 Å². The van der Waals surface area contributed by atoms with Crippen LogP contribution in [0, 0.1) is 0 Å². The second-order valence-corrected chi connectivity index (χ2v) is 16.3. The number of benzene rings is 10. The van der Waals surface area contributed by atoms with Crippen LogP contribution in [0.3, 0.4) is 0 Å². The summed E-state index contributed by atoms with van der Waals surface area (Å²) in [6, 6.07) is 82.9. The molecule has 0 aliphatic heterocycles. The topological polar surface area (TPSA) is 51.8 Å². The van der Waals surface area contributed by atoms with Gasteiger partial charge in [0.1, 0.15) is 11.2 Å². The van der Waals surface area contributed by atoms with Gasteiger partial charge in [0.25, 0.3) is 0 Å². The summed E-state index contributed by atoms with van der Waals surface area (Å²) in [5, 5.41) is 4.40. The SMILES string of the molecule is c1ccc(-c2ccc(-c3nc(-c4ccc(-c5cccc6ccccc56)cc4)nc(-c4cccc5oc6c(-c7ccc(-c8cccc(-c9ccccc9)c8)cc7)cccc6c45)n3)cc2)cc1. The van der Waals surface area contributed by atoms with Crippen LogP contribution in [0.2, 0.25) is 0 Å². The molecule has 0 bridgehead atoms. The van der Waals surface area contributed by atoms with Crippen molar-refractivity contribution in [1.82, 2.24) is 15.0 Å². The molecular weight excluding hydrogens is 791 g/mol. The summed E-state index contributed by atoms with van der Waals surface area (Å²) in [7, 11) is 0. The average molecular weight is 830 g/mol. The Balaban J connectivity index is 0.952. The normalized spacial score (nSPS) is 11.4. The van der Waals surface area contributed by atoms with Gasteiger partial charge in [0.05, 0.1) is 0 Å². The summed E-state index contributed by atoms with van der Waals surface area (Å²) in [5.74, 6) is 1.78. The fourth-order valence-electron chi connectivity index (χ4n) is 9.09. The maximum atomic E-state index is 6.78. The van der Waals surface area contributed by atoms with Crippen LogP contribution in [0.5, 0.6) is 0 Å². The summed E-state index contributed by atoms with van der Waals surface area (Å²) in [6.07, 6.45) is 0. The second kappa shape index (κ2) is 16.2. The number of hydrogen-bond donors (Lipinski definition) is 0. The largest absolute Gasteiger partial charge is 0.455 e. The first-order valence-corrected chi connectivity index (χ1v) is 21.9. The predicted octanol–water partition coefficient (Wildman–Crippen LogP) is 16.3. The van der Waals surface area contributed by atoms with Crippen LogP contribution in [0.25, 0.3) is 123 Å². The van der Waals surface area contributed by atoms with Gasteiger partial charge in [0.15, 0.2) is 17.5 Å². The Morgan fingerprint density at radius 3 is 1.35 bits per heavy atom. The van der Waals surface area contributed by atoms with Crippen molar-refractivity contribution in [1.29, 1.82) is 0 Å². The van der Waals surface area contributed by atoms with E-state index in [1.165, 1.54) is 33.0 Å². The molecule has 0 saturated heterocycles. The van der Waals surface area contributed by atoms with Crippen LogP contribution in [-0.4, -0.2) is 15.0 Å². The maximum absolute atomic E-state index is 6.78. The van der Waals surface area contributed by atoms with Crippen LogP contribution in [0.1, 0.15) is 0 Å². The van der Waals surface area contributed by atoms with Crippen molar-refractivity contribution in [2.24, 2.45) is 0 Å². The molecule has 304 valence electrons. The molecule has 2 aromatic heterocycles. The lowest BCUT2D eigenvalue weighted by atomic mass is 9.96. The monoisotopic (exact) mass is 829 g/mol. The van der Waals surface area contributed by atoms with Gasteiger partial charge in [-0.15, -0.1) is 0 Å². The van der Waals surface area contributed by atoms with Gasteiger partial charge in [0.2, 0.25) is 0 Å². The standard InChI is InChI=1S/C61H39N3O/c1-3-13-40(14-4-1)42-29-35-47(36-30-42)59-62-60(48-37-33-45(34-38-48)52-22-10-18-44-17-7-8-21-51(44)52)64-61(63-59)55-25-12-26-56-57(55)54-24-11-23-53(58(54)65-56)46-31-27-43(28-32-46)50-20-9-19-49(39-50)41-15-5-2-6-16-41/h1-39H. The molecule has 65 heavy (non-hydrogen) atoms. The molecule has 0 spiro atoms. The minimum atomic E-state index is 0.580. The third kappa shape index (κ3) is 7.13. The molecule has 4 heteroatoms. The molecule has 0 aliphatic carbocycles. The molecule has 0 radical (unpaired) electrons. The number of furan rings is 1. The van der Waals surface area contributed by atoms with Gasteiger partial charge in [0, 0.05) is 33.0 Å². The van der Waals surface area contributed by atoms with Crippen molar-refractivity contribution >= 4 is 32.7 Å². The molecule has 0 amide bonds. The highest BCUT2D eigenvalue weighted by Crippen LogP contribution is 2.41. The molecule has 12 rings (SSSR count). The highest BCUT2D eigenvalue weighted by Gasteiger charge is 2.20. The van der Waals surface area contributed by atoms with Crippen molar-refractivity contribution in [3.63, 3.8) is 0 Å². The fraction of sp³-hybridized carbons (Fsp3) is 0. The van der Waals surface area contributed by atoms with Crippen LogP contribution >= 0.6 is 0 Å². The van der Waals surface area contributed by atoms with Crippen LogP contribution in [-0.2, 0) is 0 Å². The molecule has 12 aromatic rings. The molecule has 4 nitrogen and oxygen atoms in total. The van der Waals surface area contributed by atoms with E-state index < -0.39 is 0 Å². The van der Waals surface area contributed by atoms with Crippen molar-refractivity contribution < 1.29 is 4.42 Å². The first kappa shape index (κ1) is 38.0. The first-order valence-electron chi connectivity index (χ1n) is 21.9. The Morgan fingerprint density at radius 1 is 0.262 bits per heavy atom. The highest BCUT2D eigenvalue weighted by molar-refractivity contribution is 6.15. The molecule has 0 atom stereocenters. The molecule has 0 unspecified atom stereocenters. The number of hydrogen-bond acceptors (Lipinski definition) is 4. The number of aromatic nitrogens is 3. The lowest BCUT2D eigenvalue weighted by Gasteiger charge is -2.11. The number of para-hydroxylation sites is 1. The molecule has 0 fully saturated rings. The second-order valence-electron chi connectivity index (χ2n) is 16.3. The lowest BCUT2D eigenvalue weighted by molar-refractivity contribution is 0.670. The van der Waals surface area contributed by atoms with Gasteiger partial charge < -0.3 is 4.42 Å². The minimum absolute atomic E-state index is 0.580. The maximum Gasteiger partial charge on any atom is 0.164 e. The molecule has 10 aromatic carbocycles. The lowest BCUT2D eigenvalue weighted by Crippen LogP contribution is -2.00. The van der Waals surface area contributed by atoms with Crippen molar-refractivity contribution in [2.75, 3.05) is 0 Å². The third-order valence-electron chi connectivity index (χ3n) is 12.4. The Morgan fingerprint density at radius 2 is 0.677 bits per heavy atom. The Kier molecular flexibility index (Phi) is 9.46. The minimum Gasteiger partial charge on any atom is -0.455 e. The predicted molar refractivity (Wildman–Crippen MR) is 268 cm³/mol. The zero-order valence-corrected chi connectivity index (χ0v) is 35.3. The van der Waals surface area contributed by atoms with Gasteiger partial charge >= 0.3 is 0 Å². The van der Waals surface area contributed by atoms with Crippen molar-refractivity contribution in [3.05, 3.63) is 237 Å². The van der Waals surface area contributed by atoms with E-state index in [4.69, 9.17) is 19.4 Å². The third-order valence-corrected chi connectivity index (χ3v) is 12.4. The van der Waals surface area contributed by atoms with Gasteiger partial charge in [-0.05, 0) is 73.0 Å². The number of fused-ring (bicyclic) bond motifs is 4. The van der Waals surface area contributed by atoms with Gasteiger partial charge in [-0.2, -0.15) is 0 Å². The van der Waals surface area contributed by atoms with E-state index in [0.29, 0.717) is 17.5 Å². The van der Waals surface area contributed by atoms with E-state index in [2.05, 4.69) is 218 Å². The van der Waals surface area contributed by atoms with Crippen LogP contribution in [0.15, 0.2) is 241 Å². The Hall–Kier alpha value is -8.73. The summed E-state index contributed by atoms with van der Waals surface area (Å²) in [5.41, 5.74) is 15.7. The van der Waals surface area contributed by atoms with E-state index in [-0.39, 0.29) is 0 Å². The van der Waals surface area contributed by atoms with Crippen LogP contribution in [0.4, 0.5) is 0 Å². The van der Waals surface area contributed by atoms with E-state index in [1.807, 2.05) is 18.2 Å². The molecule has 0 N–H and O–H groups in total. The van der Waals surface area contributed by atoms with E-state index >= 15 is 0 Å². The fourth-order valence-corrected chi connectivity index (χ4v) is 9.09. The smallest absolute Gasteiger partial charge is 0.164 e. The number of nitrogens with zero attached hydrogens (tertiary/aromatic N) is 3. The van der Waals surface area contributed by atoms with Crippen molar-refractivity contribution in [2.45, 2.75) is 0 Å². The highest BCUT2D eigenvalue weighted by atomic mass is 16.3. The van der Waals surface area contributed by atoms with Crippen LogP contribution < -0.4 is 0 Å². The quantitative estimate of drug-likeness (QED) is 0.153. The first-order chi connectivity index (χ1) is 32.2. The van der Waals surface area contributed by atoms with Gasteiger partial charge in [-0.3, -0.25) is 0 Å². The summed E-state index contributed by atoms with van der Waals surface area (Å²) < 4.78 is 6.78. The number of rotatable bonds is 8. The molecular formula is C61H39N3O. The van der Waals surface area contributed by atoms with E-state index in [0.717, 1.165) is 72.0 Å². The zero-order chi connectivity index (χ0) is 43.1. The average Bonchev–Trinajstić information content (AvgIpc) is 3.79. The molecule has 0 aliphatic rings. The van der Waals surface area contributed by atoms with E-state index in [1.54, 1.807) is 0 Å². The molecule has 2 heterocycles. The Bertz CT molecular complexity index is 3670. The summed E-state index contributed by atoms with van der Waals surface area (Å²) >= 11 is 0. The zero-order valence-electron chi connectivity index (χ0n) is 35.3. The molecule has 0 saturated carbocycles. The Labute approximate surface area is 376 Å².